The number of aromatic nitrogens is 1. The third-order valence-corrected chi connectivity index (χ3v) is 5.56. The first-order valence-corrected chi connectivity index (χ1v) is 10.1. The first-order chi connectivity index (χ1) is 14.9. The molecule has 3 aromatic rings. The summed E-state index contributed by atoms with van der Waals surface area (Å²) in [7, 11) is 1.56. The van der Waals surface area contributed by atoms with Gasteiger partial charge in [-0.25, -0.2) is 4.79 Å². The van der Waals surface area contributed by atoms with E-state index in [0.717, 1.165) is 5.69 Å². The lowest BCUT2D eigenvalue weighted by Crippen LogP contribution is -2.56. The molecule has 1 fully saturated rings. The number of methoxy groups -OCH3 is 1. The number of aromatic amines is 1. The summed E-state index contributed by atoms with van der Waals surface area (Å²) in [4.78, 5) is 42.7. The number of fused-ring (bicyclic) bond motifs is 1. The molecule has 9 nitrogen and oxygen atoms in total. The fourth-order valence-corrected chi connectivity index (χ4v) is 3.94. The highest BCUT2D eigenvalue weighted by Crippen LogP contribution is 2.30. The lowest BCUT2D eigenvalue weighted by atomic mass is 10.1. The van der Waals surface area contributed by atoms with Crippen molar-refractivity contribution >= 4 is 45.9 Å². The van der Waals surface area contributed by atoms with E-state index < -0.39 is 17.6 Å². The molecule has 1 aromatic heterocycles. The normalized spacial score (nSPS) is 16.4. The number of amides is 2. The van der Waals surface area contributed by atoms with E-state index in [4.69, 9.17) is 20.8 Å². The minimum atomic E-state index is -0.745. The Kier molecular flexibility index (Phi) is 5.60. The number of halogens is 1. The van der Waals surface area contributed by atoms with Gasteiger partial charge in [-0.05, 0) is 37.3 Å². The molecular formula is C21H21ClN4O5. The summed E-state index contributed by atoms with van der Waals surface area (Å²) in [5, 5.41) is 3.09. The SMILES string of the molecule is COc1ccc(N2CCN(C(=O)C(=O)Nc3ccc4[nH]c(=O)oc4c3)[C@H](C)C2)cc1Cl. The van der Waals surface area contributed by atoms with Crippen LogP contribution in [0.2, 0.25) is 5.02 Å². The van der Waals surface area contributed by atoms with Crippen molar-refractivity contribution in [3.05, 3.63) is 52.0 Å². The van der Waals surface area contributed by atoms with E-state index in [1.807, 2.05) is 19.1 Å². The van der Waals surface area contributed by atoms with Crippen LogP contribution in [0.15, 0.2) is 45.6 Å². The van der Waals surface area contributed by atoms with Crippen LogP contribution in [-0.4, -0.2) is 54.5 Å². The van der Waals surface area contributed by atoms with E-state index in [2.05, 4.69) is 15.2 Å². The van der Waals surface area contributed by atoms with Crippen LogP contribution in [0.1, 0.15) is 6.92 Å². The predicted octanol–water partition coefficient (Wildman–Crippen LogP) is 2.46. The van der Waals surface area contributed by atoms with Gasteiger partial charge in [0.2, 0.25) is 0 Å². The molecule has 0 radical (unpaired) electrons. The van der Waals surface area contributed by atoms with Crippen LogP contribution >= 0.6 is 11.6 Å². The Morgan fingerprint density at radius 1 is 1.23 bits per heavy atom. The standard InChI is InChI=1S/C21H21ClN4O5/c1-12-11-25(14-4-6-17(30-2)15(22)10-14)7-8-26(12)20(28)19(27)23-13-3-5-16-18(9-13)31-21(29)24-16/h3-6,9-10,12H,7-8,11H2,1-2H3,(H,23,27)(H,24,29)/t12-/m1/s1. The third-order valence-electron chi connectivity index (χ3n) is 5.26. The van der Waals surface area contributed by atoms with Crippen LogP contribution in [0.25, 0.3) is 11.1 Å². The number of carbonyl (C=O) groups is 2. The van der Waals surface area contributed by atoms with Crippen LogP contribution in [0.3, 0.4) is 0 Å². The fraction of sp³-hybridized carbons (Fsp3) is 0.286. The second-order valence-electron chi connectivity index (χ2n) is 7.29. The number of nitrogens with one attached hydrogen (secondary N) is 2. The number of carbonyl (C=O) groups excluding carboxylic acids is 2. The van der Waals surface area contributed by atoms with Gasteiger partial charge in [-0.15, -0.1) is 0 Å². The number of anilines is 2. The summed E-state index contributed by atoms with van der Waals surface area (Å²) < 4.78 is 10.2. The second-order valence-corrected chi connectivity index (χ2v) is 7.70. The Labute approximate surface area is 182 Å². The van der Waals surface area contributed by atoms with Crippen LogP contribution in [0, 0.1) is 0 Å². The molecule has 0 unspecified atom stereocenters. The van der Waals surface area contributed by atoms with Gasteiger partial charge < -0.3 is 24.3 Å². The van der Waals surface area contributed by atoms with E-state index in [-0.39, 0.29) is 6.04 Å². The van der Waals surface area contributed by atoms with E-state index in [0.29, 0.717) is 47.2 Å². The summed E-state index contributed by atoms with van der Waals surface area (Å²) in [6.07, 6.45) is 0. The Hall–Kier alpha value is -3.46. The number of hydrogen-bond acceptors (Lipinski definition) is 6. The second kappa shape index (κ2) is 8.35. The zero-order valence-corrected chi connectivity index (χ0v) is 17.7. The molecule has 31 heavy (non-hydrogen) atoms. The number of benzene rings is 2. The summed E-state index contributed by atoms with van der Waals surface area (Å²) in [6, 6.07) is 10.0. The molecule has 0 bridgehead atoms. The molecule has 2 N–H and O–H groups in total. The molecule has 1 aliphatic heterocycles. The average Bonchev–Trinajstić information content (AvgIpc) is 3.12. The zero-order valence-electron chi connectivity index (χ0n) is 17.0. The number of ether oxygens (including phenoxy) is 1. The van der Waals surface area contributed by atoms with Gasteiger partial charge in [0, 0.05) is 43.1 Å². The quantitative estimate of drug-likeness (QED) is 0.601. The fourth-order valence-electron chi connectivity index (χ4n) is 3.68. The molecule has 2 heterocycles. The molecule has 0 spiro atoms. The molecule has 4 rings (SSSR count). The monoisotopic (exact) mass is 444 g/mol. The summed E-state index contributed by atoms with van der Waals surface area (Å²) in [5.41, 5.74) is 2.11. The number of oxazole rings is 1. The number of nitrogens with zero attached hydrogens (tertiary/aromatic N) is 2. The van der Waals surface area contributed by atoms with Crippen LogP contribution < -0.4 is 20.7 Å². The van der Waals surface area contributed by atoms with Gasteiger partial charge in [0.1, 0.15) is 5.75 Å². The molecule has 0 aliphatic carbocycles. The molecule has 1 aliphatic rings. The van der Waals surface area contributed by atoms with Crippen LogP contribution in [-0.2, 0) is 9.59 Å². The first-order valence-electron chi connectivity index (χ1n) is 9.69. The molecule has 2 aromatic carbocycles. The van der Waals surface area contributed by atoms with Crippen LogP contribution in [0.4, 0.5) is 11.4 Å². The maximum Gasteiger partial charge on any atom is 0.417 e. The summed E-state index contributed by atoms with van der Waals surface area (Å²) in [5.74, 6) is -1.35. The molecule has 1 atom stereocenters. The van der Waals surface area contributed by atoms with E-state index in [9.17, 15) is 14.4 Å². The van der Waals surface area contributed by atoms with Gasteiger partial charge in [-0.1, -0.05) is 11.6 Å². The van der Waals surface area contributed by atoms with Gasteiger partial charge in [-0.3, -0.25) is 14.6 Å². The molecular weight excluding hydrogens is 424 g/mol. The van der Waals surface area contributed by atoms with E-state index in [1.54, 1.807) is 30.2 Å². The van der Waals surface area contributed by atoms with Crippen molar-refractivity contribution in [1.82, 2.24) is 9.88 Å². The van der Waals surface area contributed by atoms with Crippen molar-refractivity contribution in [3.8, 4) is 5.75 Å². The van der Waals surface area contributed by atoms with Gasteiger partial charge in [0.05, 0.1) is 17.6 Å². The Bertz CT molecular complexity index is 1200. The number of hydrogen-bond donors (Lipinski definition) is 2. The van der Waals surface area contributed by atoms with Crippen molar-refractivity contribution in [3.63, 3.8) is 0 Å². The predicted molar refractivity (Wildman–Crippen MR) is 117 cm³/mol. The first kappa shape index (κ1) is 20.8. The van der Waals surface area contributed by atoms with Gasteiger partial charge in [-0.2, -0.15) is 0 Å². The topological polar surface area (TPSA) is 108 Å². The van der Waals surface area contributed by atoms with Crippen molar-refractivity contribution in [2.24, 2.45) is 0 Å². The minimum Gasteiger partial charge on any atom is -0.495 e. The molecule has 10 heteroatoms. The number of piperazine rings is 1. The minimum absolute atomic E-state index is 0.182. The van der Waals surface area contributed by atoms with Crippen molar-refractivity contribution < 1.29 is 18.7 Å². The maximum atomic E-state index is 12.7. The molecule has 0 saturated carbocycles. The number of rotatable bonds is 3. The lowest BCUT2D eigenvalue weighted by molar-refractivity contribution is -0.144. The zero-order chi connectivity index (χ0) is 22.1. The van der Waals surface area contributed by atoms with Crippen molar-refractivity contribution in [1.29, 1.82) is 0 Å². The van der Waals surface area contributed by atoms with Gasteiger partial charge in [0.15, 0.2) is 5.58 Å². The van der Waals surface area contributed by atoms with Crippen molar-refractivity contribution in [2.45, 2.75) is 13.0 Å². The highest BCUT2D eigenvalue weighted by molar-refractivity contribution is 6.39. The van der Waals surface area contributed by atoms with Gasteiger partial charge in [0.25, 0.3) is 0 Å². The summed E-state index contributed by atoms with van der Waals surface area (Å²) >= 11 is 6.23. The molecule has 1 saturated heterocycles. The maximum absolute atomic E-state index is 12.7. The lowest BCUT2D eigenvalue weighted by Gasteiger charge is -2.40. The highest BCUT2D eigenvalue weighted by Gasteiger charge is 2.31. The molecule has 162 valence electrons. The Morgan fingerprint density at radius 3 is 2.74 bits per heavy atom. The van der Waals surface area contributed by atoms with E-state index >= 15 is 0 Å². The molecule has 2 amide bonds. The van der Waals surface area contributed by atoms with Crippen LogP contribution in [0.5, 0.6) is 5.75 Å². The highest BCUT2D eigenvalue weighted by atomic mass is 35.5. The summed E-state index contributed by atoms with van der Waals surface area (Å²) in [6.45, 7) is 3.40. The number of H-pyrrole nitrogens is 1. The van der Waals surface area contributed by atoms with E-state index in [1.165, 1.54) is 6.07 Å². The Balaban J connectivity index is 1.41. The van der Waals surface area contributed by atoms with Gasteiger partial charge >= 0.3 is 17.6 Å². The largest absolute Gasteiger partial charge is 0.495 e. The Morgan fingerprint density at radius 2 is 2.03 bits per heavy atom. The third kappa shape index (κ3) is 4.22. The average molecular weight is 445 g/mol. The smallest absolute Gasteiger partial charge is 0.417 e. The van der Waals surface area contributed by atoms with Crippen molar-refractivity contribution in [2.75, 3.05) is 37.0 Å².